The number of phenols is 1. The van der Waals surface area contributed by atoms with Crippen LogP contribution in [0.4, 0.5) is 19.3 Å². The minimum atomic E-state index is -0.822. The molecule has 2 rings (SSSR count). The maximum absolute atomic E-state index is 13.4. The van der Waals surface area contributed by atoms with Gasteiger partial charge in [0.15, 0.2) is 0 Å². The summed E-state index contributed by atoms with van der Waals surface area (Å²) in [4.78, 5) is 11.8. The van der Waals surface area contributed by atoms with E-state index >= 15 is 0 Å². The van der Waals surface area contributed by atoms with Crippen molar-refractivity contribution in [3.8, 4) is 5.75 Å². The zero-order chi connectivity index (χ0) is 16.8. The van der Waals surface area contributed by atoms with E-state index in [0.29, 0.717) is 12.5 Å². The maximum atomic E-state index is 13.4. The molecule has 122 valence electrons. The van der Waals surface area contributed by atoms with E-state index in [4.69, 9.17) is 0 Å². The van der Waals surface area contributed by atoms with Crippen LogP contribution in [0, 0.1) is 11.6 Å². The zero-order valence-corrected chi connectivity index (χ0v) is 12.6. The van der Waals surface area contributed by atoms with Gasteiger partial charge in [-0.1, -0.05) is 12.1 Å². The number of benzene rings is 2. The number of anilines is 1. The van der Waals surface area contributed by atoms with Crippen LogP contribution in [-0.4, -0.2) is 17.2 Å². The van der Waals surface area contributed by atoms with Gasteiger partial charge in [0.05, 0.1) is 5.69 Å². The summed E-state index contributed by atoms with van der Waals surface area (Å²) in [5.41, 5.74) is 0.969. The number of amides is 2. The molecule has 0 radical (unpaired) electrons. The highest BCUT2D eigenvalue weighted by molar-refractivity contribution is 5.89. The molecule has 4 nitrogen and oxygen atoms in total. The lowest BCUT2D eigenvalue weighted by atomic mass is 10.1. The topological polar surface area (TPSA) is 61.4 Å². The van der Waals surface area contributed by atoms with E-state index in [9.17, 15) is 18.7 Å². The third-order valence-corrected chi connectivity index (χ3v) is 3.36. The van der Waals surface area contributed by atoms with Gasteiger partial charge < -0.3 is 15.7 Å². The minimum absolute atomic E-state index is 0.0744. The zero-order valence-electron chi connectivity index (χ0n) is 12.6. The Kier molecular flexibility index (Phi) is 5.51. The first-order valence-corrected chi connectivity index (χ1v) is 7.24. The molecule has 0 heterocycles. The van der Waals surface area contributed by atoms with Crippen LogP contribution in [0.25, 0.3) is 0 Å². The second kappa shape index (κ2) is 7.58. The van der Waals surface area contributed by atoms with Crippen molar-refractivity contribution >= 4 is 11.7 Å². The van der Waals surface area contributed by atoms with Crippen molar-refractivity contribution in [1.82, 2.24) is 5.32 Å². The van der Waals surface area contributed by atoms with Crippen LogP contribution in [0.3, 0.4) is 0 Å². The van der Waals surface area contributed by atoms with E-state index in [2.05, 4.69) is 10.6 Å². The Balaban J connectivity index is 1.81. The first kappa shape index (κ1) is 16.7. The SMILES string of the molecule is C[C@H](CCc1ccc(O)cc1)NC(=O)Nc1ccc(F)cc1F. The average Bonchev–Trinajstić information content (AvgIpc) is 2.49. The number of urea groups is 1. The van der Waals surface area contributed by atoms with Crippen molar-refractivity contribution in [1.29, 1.82) is 0 Å². The van der Waals surface area contributed by atoms with E-state index in [1.165, 1.54) is 6.07 Å². The third-order valence-electron chi connectivity index (χ3n) is 3.36. The van der Waals surface area contributed by atoms with E-state index in [1.54, 1.807) is 12.1 Å². The summed E-state index contributed by atoms with van der Waals surface area (Å²) in [5, 5.41) is 14.3. The van der Waals surface area contributed by atoms with Crippen LogP contribution in [0.2, 0.25) is 0 Å². The van der Waals surface area contributed by atoms with Crippen molar-refractivity contribution in [2.45, 2.75) is 25.8 Å². The molecule has 6 heteroatoms. The van der Waals surface area contributed by atoms with Crippen molar-refractivity contribution in [2.24, 2.45) is 0 Å². The first-order chi connectivity index (χ1) is 10.9. The molecular weight excluding hydrogens is 302 g/mol. The molecule has 1 atom stereocenters. The average molecular weight is 320 g/mol. The number of aromatic hydroxyl groups is 1. The molecule has 0 saturated carbocycles. The van der Waals surface area contributed by atoms with Crippen molar-refractivity contribution in [3.05, 3.63) is 59.7 Å². The largest absolute Gasteiger partial charge is 0.508 e. The van der Waals surface area contributed by atoms with Gasteiger partial charge >= 0.3 is 6.03 Å². The minimum Gasteiger partial charge on any atom is -0.508 e. The first-order valence-electron chi connectivity index (χ1n) is 7.24. The van der Waals surface area contributed by atoms with Crippen LogP contribution in [0.15, 0.2) is 42.5 Å². The van der Waals surface area contributed by atoms with E-state index in [-0.39, 0.29) is 17.5 Å². The lowest BCUT2D eigenvalue weighted by Gasteiger charge is -2.15. The summed E-state index contributed by atoms with van der Waals surface area (Å²) >= 11 is 0. The van der Waals surface area contributed by atoms with Gasteiger partial charge in [0.1, 0.15) is 17.4 Å². The standard InChI is InChI=1S/C17H18F2N2O2/c1-11(2-3-12-4-7-14(22)8-5-12)20-17(23)21-16-9-6-13(18)10-15(16)19/h4-11,22H,2-3H2,1H3,(H2,20,21,23)/t11-/m1/s1. The van der Waals surface area contributed by atoms with E-state index in [1.807, 2.05) is 19.1 Å². The van der Waals surface area contributed by atoms with Gasteiger partial charge in [0.2, 0.25) is 0 Å². The fraction of sp³-hybridized carbons (Fsp3) is 0.235. The predicted octanol–water partition coefficient (Wildman–Crippen LogP) is 3.81. The van der Waals surface area contributed by atoms with Gasteiger partial charge in [-0.05, 0) is 49.6 Å². The fourth-order valence-electron chi connectivity index (χ4n) is 2.09. The monoisotopic (exact) mass is 320 g/mol. The quantitative estimate of drug-likeness (QED) is 0.784. The number of halogens is 2. The molecule has 0 saturated heterocycles. The molecule has 0 bridgehead atoms. The van der Waals surface area contributed by atoms with Crippen molar-refractivity contribution in [2.75, 3.05) is 5.32 Å². The Morgan fingerprint density at radius 3 is 2.52 bits per heavy atom. The van der Waals surface area contributed by atoms with Gasteiger partial charge in [-0.25, -0.2) is 13.6 Å². The van der Waals surface area contributed by atoms with Gasteiger partial charge in [-0.3, -0.25) is 0 Å². The smallest absolute Gasteiger partial charge is 0.319 e. The number of rotatable bonds is 5. The number of carbonyl (C=O) groups is 1. The molecule has 2 amide bonds. The van der Waals surface area contributed by atoms with Crippen LogP contribution in [0.1, 0.15) is 18.9 Å². The Hall–Kier alpha value is -2.63. The number of hydrogen-bond acceptors (Lipinski definition) is 2. The third kappa shape index (κ3) is 5.25. The lowest BCUT2D eigenvalue weighted by Crippen LogP contribution is -2.36. The van der Waals surface area contributed by atoms with Crippen LogP contribution in [-0.2, 0) is 6.42 Å². The van der Waals surface area contributed by atoms with Crippen LogP contribution < -0.4 is 10.6 Å². The molecule has 0 aromatic heterocycles. The molecule has 0 unspecified atom stereocenters. The number of carbonyl (C=O) groups excluding carboxylic acids is 1. The normalized spacial score (nSPS) is 11.8. The Labute approximate surface area is 133 Å². The number of hydrogen-bond donors (Lipinski definition) is 3. The number of nitrogens with one attached hydrogen (secondary N) is 2. The number of phenolic OH excluding ortho intramolecular Hbond substituents is 1. The van der Waals surface area contributed by atoms with Gasteiger partial charge in [0.25, 0.3) is 0 Å². The molecule has 3 N–H and O–H groups in total. The van der Waals surface area contributed by atoms with Gasteiger partial charge in [-0.15, -0.1) is 0 Å². The highest BCUT2D eigenvalue weighted by atomic mass is 19.1. The second-order valence-electron chi connectivity index (χ2n) is 5.33. The summed E-state index contributed by atoms with van der Waals surface area (Å²) in [6.07, 6.45) is 1.41. The molecule has 0 fully saturated rings. The summed E-state index contributed by atoms with van der Waals surface area (Å²) < 4.78 is 26.2. The highest BCUT2D eigenvalue weighted by Crippen LogP contribution is 2.15. The van der Waals surface area contributed by atoms with Crippen LogP contribution >= 0.6 is 0 Å². The summed E-state index contributed by atoms with van der Waals surface area (Å²) in [6, 6.07) is 9.13. The molecule has 0 aliphatic rings. The Morgan fingerprint density at radius 2 is 1.87 bits per heavy atom. The fourth-order valence-corrected chi connectivity index (χ4v) is 2.09. The predicted molar refractivity (Wildman–Crippen MR) is 84.4 cm³/mol. The lowest BCUT2D eigenvalue weighted by molar-refractivity contribution is 0.248. The van der Waals surface area contributed by atoms with E-state index < -0.39 is 17.7 Å². The molecule has 2 aromatic carbocycles. The highest BCUT2D eigenvalue weighted by Gasteiger charge is 2.10. The molecule has 2 aromatic rings. The molecule has 0 aliphatic carbocycles. The molecular formula is C17H18F2N2O2. The second-order valence-corrected chi connectivity index (χ2v) is 5.33. The Bertz CT molecular complexity index is 675. The molecule has 23 heavy (non-hydrogen) atoms. The Morgan fingerprint density at radius 1 is 1.17 bits per heavy atom. The molecule has 0 aliphatic heterocycles. The van der Waals surface area contributed by atoms with E-state index in [0.717, 1.165) is 18.1 Å². The number of aryl methyl sites for hydroxylation is 1. The summed E-state index contributed by atoms with van der Waals surface area (Å²) in [7, 11) is 0. The summed E-state index contributed by atoms with van der Waals surface area (Å²) in [6.45, 7) is 1.83. The maximum Gasteiger partial charge on any atom is 0.319 e. The van der Waals surface area contributed by atoms with Crippen molar-refractivity contribution in [3.63, 3.8) is 0 Å². The van der Waals surface area contributed by atoms with Gasteiger partial charge in [0, 0.05) is 12.1 Å². The van der Waals surface area contributed by atoms with Crippen molar-refractivity contribution < 1.29 is 18.7 Å². The summed E-state index contributed by atoms with van der Waals surface area (Å²) in [5.74, 6) is -1.31. The molecule has 0 spiro atoms. The van der Waals surface area contributed by atoms with Crippen LogP contribution in [0.5, 0.6) is 5.75 Å². The van der Waals surface area contributed by atoms with Gasteiger partial charge in [-0.2, -0.15) is 0 Å².